The second-order valence-electron chi connectivity index (χ2n) is 3.78. The second kappa shape index (κ2) is 4.92. The lowest BCUT2D eigenvalue weighted by Gasteiger charge is -2.13. The highest BCUT2D eigenvalue weighted by molar-refractivity contribution is 7.89. The van der Waals surface area contributed by atoms with E-state index in [1.165, 1.54) is 5.01 Å². The van der Waals surface area contributed by atoms with Gasteiger partial charge in [0.15, 0.2) is 0 Å². The van der Waals surface area contributed by atoms with Crippen LogP contribution in [0.1, 0.15) is 11.1 Å². The van der Waals surface area contributed by atoms with Gasteiger partial charge in [-0.15, -0.1) is 4.83 Å². The molecule has 0 aliphatic heterocycles. The number of nitrogens with one attached hydrogen (secondary N) is 1. The largest absolute Gasteiger partial charge is 0.326 e. The van der Waals surface area contributed by atoms with E-state index < -0.39 is 10.0 Å². The Hall–Kier alpha value is -0.950. The molecule has 0 atom stereocenters. The highest BCUT2D eigenvalue weighted by Crippen LogP contribution is 2.14. The lowest BCUT2D eigenvalue weighted by atomic mass is 10.1. The standard InChI is InChI=1S/C10H17N3O2S/c1-8-6-10(5-4-9(8)7-11)16(14,15)12-13(2)3/h4-6,12H,7,11H2,1-3H3. The minimum atomic E-state index is -3.47. The summed E-state index contributed by atoms with van der Waals surface area (Å²) in [5.41, 5.74) is 7.34. The van der Waals surface area contributed by atoms with Gasteiger partial charge in [0, 0.05) is 20.6 Å². The molecule has 0 saturated heterocycles. The molecule has 0 aliphatic carbocycles. The normalized spacial score (nSPS) is 12.1. The van der Waals surface area contributed by atoms with E-state index in [1.807, 2.05) is 6.92 Å². The minimum absolute atomic E-state index is 0.246. The molecule has 6 heteroatoms. The fraction of sp³-hybridized carbons (Fsp3) is 0.400. The first-order valence-electron chi connectivity index (χ1n) is 4.86. The van der Waals surface area contributed by atoms with Crippen LogP contribution in [0.25, 0.3) is 0 Å². The van der Waals surface area contributed by atoms with Crippen molar-refractivity contribution < 1.29 is 8.42 Å². The lowest BCUT2D eigenvalue weighted by molar-refractivity contribution is 0.364. The number of nitrogens with zero attached hydrogens (tertiary/aromatic N) is 1. The number of sulfonamides is 1. The highest BCUT2D eigenvalue weighted by Gasteiger charge is 2.15. The average molecular weight is 243 g/mol. The molecule has 0 saturated carbocycles. The van der Waals surface area contributed by atoms with Crippen LogP contribution in [0.4, 0.5) is 0 Å². The van der Waals surface area contributed by atoms with Crippen LogP contribution < -0.4 is 10.6 Å². The number of hydrogen-bond donors (Lipinski definition) is 2. The molecule has 0 amide bonds. The van der Waals surface area contributed by atoms with Gasteiger partial charge in [-0.1, -0.05) is 6.07 Å². The van der Waals surface area contributed by atoms with Crippen molar-refractivity contribution in [2.75, 3.05) is 14.1 Å². The highest BCUT2D eigenvalue weighted by atomic mass is 32.2. The van der Waals surface area contributed by atoms with Gasteiger partial charge in [-0.2, -0.15) is 0 Å². The van der Waals surface area contributed by atoms with Crippen molar-refractivity contribution in [3.05, 3.63) is 29.3 Å². The van der Waals surface area contributed by atoms with E-state index in [-0.39, 0.29) is 4.90 Å². The first-order chi connectivity index (χ1) is 7.36. The summed E-state index contributed by atoms with van der Waals surface area (Å²) in [7, 11) is -0.225. The molecule has 0 heterocycles. The Morgan fingerprint density at radius 1 is 1.38 bits per heavy atom. The predicted molar refractivity (Wildman–Crippen MR) is 63.1 cm³/mol. The fourth-order valence-electron chi connectivity index (χ4n) is 1.36. The van der Waals surface area contributed by atoms with Crippen LogP contribution in [-0.2, 0) is 16.6 Å². The Morgan fingerprint density at radius 2 is 2.00 bits per heavy atom. The van der Waals surface area contributed by atoms with Crippen molar-refractivity contribution in [2.24, 2.45) is 5.73 Å². The monoisotopic (exact) mass is 243 g/mol. The van der Waals surface area contributed by atoms with Crippen molar-refractivity contribution >= 4 is 10.0 Å². The van der Waals surface area contributed by atoms with Gasteiger partial charge >= 0.3 is 0 Å². The maximum Gasteiger partial charge on any atom is 0.253 e. The van der Waals surface area contributed by atoms with Crippen LogP contribution >= 0.6 is 0 Å². The number of rotatable bonds is 4. The summed E-state index contributed by atoms with van der Waals surface area (Å²) in [5.74, 6) is 0. The number of hydrogen-bond acceptors (Lipinski definition) is 4. The molecular weight excluding hydrogens is 226 g/mol. The maximum atomic E-state index is 11.8. The summed E-state index contributed by atoms with van der Waals surface area (Å²) in [6, 6.07) is 4.91. The van der Waals surface area contributed by atoms with Gasteiger partial charge in [-0.25, -0.2) is 13.4 Å². The van der Waals surface area contributed by atoms with Gasteiger partial charge in [-0.3, -0.25) is 0 Å². The van der Waals surface area contributed by atoms with E-state index in [9.17, 15) is 8.42 Å². The second-order valence-corrected chi connectivity index (χ2v) is 5.44. The van der Waals surface area contributed by atoms with E-state index in [1.54, 1.807) is 32.3 Å². The molecule has 0 aliphatic rings. The van der Waals surface area contributed by atoms with Crippen molar-refractivity contribution in [3.63, 3.8) is 0 Å². The molecule has 16 heavy (non-hydrogen) atoms. The first-order valence-corrected chi connectivity index (χ1v) is 6.34. The summed E-state index contributed by atoms with van der Waals surface area (Å²) in [4.78, 5) is 2.62. The van der Waals surface area contributed by atoms with Crippen molar-refractivity contribution in [3.8, 4) is 0 Å². The summed E-state index contributed by atoms with van der Waals surface area (Å²) in [6.45, 7) is 2.25. The van der Waals surface area contributed by atoms with Crippen LogP contribution in [0.3, 0.4) is 0 Å². The van der Waals surface area contributed by atoms with Gasteiger partial charge in [0.2, 0.25) is 0 Å². The molecule has 1 aromatic carbocycles. The van der Waals surface area contributed by atoms with Gasteiger partial charge in [0.05, 0.1) is 4.90 Å². The van der Waals surface area contributed by atoms with Crippen LogP contribution in [0.2, 0.25) is 0 Å². The maximum absolute atomic E-state index is 11.8. The third-order valence-electron chi connectivity index (χ3n) is 2.15. The number of aryl methyl sites for hydroxylation is 1. The molecule has 0 fully saturated rings. The summed E-state index contributed by atoms with van der Waals surface area (Å²) in [6.07, 6.45) is 0. The van der Waals surface area contributed by atoms with Crippen molar-refractivity contribution in [1.29, 1.82) is 0 Å². The molecule has 1 aromatic rings. The van der Waals surface area contributed by atoms with E-state index in [0.29, 0.717) is 6.54 Å². The van der Waals surface area contributed by atoms with E-state index in [0.717, 1.165) is 11.1 Å². The zero-order valence-corrected chi connectivity index (χ0v) is 10.5. The fourth-order valence-corrected chi connectivity index (χ4v) is 2.52. The average Bonchev–Trinajstić information content (AvgIpc) is 2.15. The molecule has 0 unspecified atom stereocenters. The van der Waals surface area contributed by atoms with Crippen molar-refractivity contribution in [2.45, 2.75) is 18.4 Å². The molecule has 3 N–H and O–H groups in total. The van der Waals surface area contributed by atoms with Crippen molar-refractivity contribution in [1.82, 2.24) is 9.84 Å². The molecular formula is C10H17N3O2S. The Morgan fingerprint density at radius 3 is 2.44 bits per heavy atom. The summed E-state index contributed by atoms with van der Waals surface area (Å²) >= 11 is 0. The number of benzene rings is 1. The van der Waals surface area contributed by atoms with Gasteiger partial charge in [0.1, 0.15) is 0 Å². The minimum Gasteiger partial charge on any atom is -0.326 e. The Kier molecular flexibility index (Phi) is 4.03. The Bertz CT molecular complexity index is 469. The zero-order valence-electron chi connectivity index (χ0n) is 9.69. The topological polar surface area (TPSA) is 75.4 Å². The third-order valence-corrected chi connectivity index (χ3v) is 3.63. The summed E-state index contributed by atoms with van der Waals surface area (Å²) < 4.78 is 23.6. The van der Waals surface area contributed by atoms with Crippen LogP contribution in [-0.4, -0.2) is 27.5 Å². The van der Waals surface area contributed by atoms with Gasteiger partial charge in [0.25, 0.3) is 10.0 Å². The SMILES string of the molecule is Cc1cc(S(=O)(=O)NN(C)C)ccc1CN. The first kappa shape index (κ1) is 13.1. The molecule has 90 valence electrons. The molecule has 0 bridgehead atoms. The Labute approximate surface area is 96.3 Å². The van der Waals surface area contributed by atoms with Crippen LogP contribution in [0.15, 0.2) is 23.1 Å². The smallest absolute Gasteiger partial charge is 0.253 e. The van der Waals surface area contributed by atoms with E-state index in [4.69, 9.17) is 5.73 Å². The molecule has 0 aromatic heterocycles. The molecule has 0 spiro atoms. The molecule has 0 radical (unpaired) electrons. The number of nitrogens with two attached hydrogens (primary N) is 1. The van der Waals surface area contributed by atoms with Crippen LogP contribution in [0.5, 0.6) is 0 Å². The van der Waals surface area contributed by atoms with Gasteiger partial charge in [-0.05, 0) is 30.2 Å². The quantitative estimate of drug-likeness (QED) is 0.741. The van der Waals surface area contributed by atoms with Crippen LogP contribution in [0, 0.1) is 6.92 Å². The van der Waals surface area contributed by atoms with Gasteiger partial charge < -0.3 is 5.73 Å². The lowest BCUT2D eigenvalue weighted by Crippen LogP contribution is -2.36. The summed E-state index contributed by atoms with van der Waals surface area (Å²) in [5, 5.41) is 1.39. The van der Waals surface area contributed by atoms with E-state index in [2.05, 4.69) is 4.83 Å². The zero-order chi connectivity index (χ0) is 12.3. The predicted octanol–water partition coefficient (Wildman–Crippen LogP) is 0.209. The van der Waals surface area contributed by atoms with E-state index >= 15 is 0 Å². The molecule has 1 rings (SSSR count). The third kappa shape index (κ3) is 3.02. The number of hydrazine groups is 1. The Balaban J connectivity index is 3.10. The molecule has 5 nitrogen and oxygen atoms in total.